The Kier molecular flexibility index (Phi) is 7.73. The van der Waals surface area contributed by atoms with E-state index < -0.39 is 22.0 Å². The third kappa shape index (κ3) is 6.10. The summed E-state index contributed by atoms with van der Waals surface area (Å²) in [5.41, 5.74) is 1.27. The molecule has 180 valence electrons. The second-order valence-corrected chi connectivity index (χ2v) is 10.4. The molecule has 2 aromatic rings. The maximum absolute atomic E-state index is 13.3. The van der Waals surface area contributed by atoms with Gasteiger partial charge in [0.15, 0.2) is 11.5 Å². The highest BCUT2D eigenvalue weighted by Crippen LogP contribution is 2.35. The van der Waals surface area contributed by atoms with E-state index in [4.69, 9.17) is 14.2 Å². The van der Waals surface area contributed by atoms with Crippen LogP contribution in [0.25, 0.3) is 0 Å². The van der Waals surface area contributed by atoms with Crippen molar-refractivity contribution in [3.63, 3.8) is 0 Å². The van der Waals surface area contributed by atoms with E-state index in [2.05, 4.69) is 19.2 Å². The van der Waals surface area contributed by atoms with Crippen molar-refractivity contribution >= 4 is 21.6 Å². The molecule has 1 N–H and O–H groups in total. The van der Waals surface area contributed by atoms with Gasteiger partial charge in [0.2, 0.25) is 15.9 Å². The highest BCUT2D eigenvalue weighted by Gasteiger charge is 2.31. The summed E-state index contributed by atoms with van der Waals surface area (Å²) in [7, 11) is -2.16. The number of nitrogens with one attached hydrogen (secondary N) is 1. The lowest BCUT2D eigenvalue weighted by Gasteiger charge is -2.31. The highest BCUT2D eigenvalue weighted by atomic mass is 32.2. The van der Waals surface area contributed by atoms with E-state index >= 15 is 0 Å². The van der Waals surface area contributed by atoms with Crippen molar-refractivity contribution in [3.8, 4) is 17.2 Å². The maximum atomic E-state index is 13.3. The first-order valence-electron chi connectivity index (χ1n) is 10.9. The quantitative estimate of drug-likeness (QED) is 0.595. The van der Waals surface area contributed by atoms with E-state index in [9.17, 15) is 13.2 Å². The Balaban J connectivity index is 1.87. The molecule has 1 aliphatic heterocycles. The van der Waals surface area contributed by atoms with Crippen LogP contribution in [0.15, 0.2) is 42.5 Å². The predicted octanol–water partition coefficient (Wildman–Crippen LogP) is 3.52. The number of amides is 1. The molecule has 2 aromatic carbocycles. The average Bonchev–Trinajstić information content (AvgIpc) is 2.77. The van der Waals surface area contributed by atoms with Gasteiger partial charge in [-0.1, -0.05) is 26.0 Å². The topological polar surface area (TPSA) is 94.2 Å². The fourth-order valence-corrected chi connectivity index (χ4v) is 5.02. The molecule has 0 radical (unpaired) electrons. The van der Waals surface area contributed by atoms with Crippen LogP contribution in [0.4, 0.5) is 5.69 Å². The zero-order valence-electron chi connectivity index (χ0n) is 19.7. The molecule has 0 bridgehead atoms. The van der Waals surface area contributed by atoms with E-state index in [1.165, 1.54) is 0 Å². The number of sulfonamides is 1. The fraction of sp³-hybridized carbons (Fsp3) is 0.458. The number of hydrogen-bond acceptors (Lipinski definition) is 6. The van der Waals surface area contributed by atoms with Gasteiger partial charge < -0.3 is 19.5 Å². The van der Waals surface area contributed by atoms with Gasteiger partial charge in [-0.15, -0.1) is 0 Å². The van der Waals surface area contributed by atoms with Crippen molar-refractivity contribution in [2.75, 3.05) is 30.9 Å². The molecule has 1 aliphatic rings. The van der Waals surface area contributed by atoms with Crippen molar-refractivity contribution < 1.29 is 27.4 Å². The Labute approximate surface area is 195 Å². The van der Waals surface area contributed by atoms with E-state index in [0.29, 0.717) is 42.7 Å². The molecule has 0 saturated carbocycles. The molecule has 0 fully saturated rings. The van der Waals surface area contributed by atoms with E-state index in [0.717, 1.165) is 21.9 Å². The molecule has 33 heavy (non-hydrogen) atoms. The van der Waals surface area contributed by atoms with Crippen LogP contribution in [0.3, 0.4) is 0 Å². The number of nitrogens with zero attached hydrogens (tertiary/aromatic N) is 1. The van der Waals surface area contributed by atoms with E-state index in [1.807, 2.05) is 24.3 Å². The summed E-state index contributed by atoms with van der Waals surface area (Å²) in [4.78, 5) is 13.3. The molecule has 1 amide bonds. The van der Waals surface area contributed by atoms with Crippen molar-refractivity contribution in [1.29, 1.82) is 0 Å². The Bertz CT molecular complexity index is 1070. The molecular formula is C24H32N2O6S. The number of carbonyl (C=O) groups excluding carboxylic acids is 1. The molecule has 3 rings (SSSR count). The summed E-state index contributed by atoms with van der Waals surface area (Å²) in [6.07, 6.45) is 1.79. The first-order valence-corrected chi connectivity index (χ1v) is 12.8. The maximum Gasteiger partial charge on any atom is 0.244 e. The SMILES string of the molecule is COc1ccc(C(CC(C)C)NC(=O)C(C)N(c2ccc3c(c2)OCCO3)S(C)(=O)=O)cc1. The third-order valence-corrected chi connectivity index (χ3v) is 6.65. The summed E-state index contributed by atoms with van der Waals surface area (Å²) >= 11 is 0. The third-order valence-electron chi connectivity index (χ3n) is 5.41. The molecule has 2 atom stereocenters. The fourth-order valence-electron chi connectivity index (χ4n) is 3.86. The lowest BCUT2D eigenvalue weighted by molar-refractivity contribution is -0.122. The number of methoxy groups -OCH3 is 1. The van der Waals surface area contributed by atoms with Crippen molar-refractivity contribution in [3.05, 3.63) is 48.0 Å². The lowest BCUT2D eigenvalue weighted by Crippen LogP contribution is -2.48. The van der Waals surface area contributed by atoms with Crippen LogP contribution in [0, 0.1) is 5.92 Å². The van der Waals surface area contributed by atoms with Gasteiger partial charge in [-0.05, 0) is 49.1 Å². The van der Waals surface area contributed by atoms with Gasteiger partial charge >= 0.3 is 0 Å². The minimum Gasteiger partial charge on any atom is -0.497 e. The Morgan fingerprint density at radius 1 is 1.06 bits per heavy atom. The van der Waals surface area contributed by atoms with Crippen LogP contribution < -0.4 is 23.8 Å². The zero-order chi connectivity index (χ0) is 24.2. The molecule has 1 heterocycles. The zero-order valence-corrected chi connectivity index (χ0v) is 20.5. The van der Waals surface area contributed by atoms with Gasteiger partial charge in [0.1, 0.15) is 25.0 Å². The van der Waals surface area contributed by atoms with Crippen LogP contribution in [-0.2, 0) is 14.8 Å². The van der Waals surface area contributed by atoms with Crippen molar-refractivity contribution in [2.24, 2.45) is 5.92 Å². The smallest absolute Gasteiger partial charge is 0.244 e. The lowest BCUT2D eigenvalue weighted by atomic mass is 9.96. The number of ether oxygens (including phenoxy) is 3. The normalized spacial score (nSPS) is 15.0. The molecule has 0 aromatic heterocycles. The monoisotopic (exact) mass is 476 g/mol. The minimum absolute atomic E-state index is 0.271. The van der Waals surface area contributed by atoms with Crippen molar-refractivity contribution in [1.82, 2.24) is 5.32 Å². The van der Waals surface area contributed by atoms with Gasteiger partial charge in [-0.25, -0.2) is 8.42 Å². The number of anilines is 1. The molecule has 0 spiro atoms. The summed E-state index contributed by atoms with van der Waals surface area (Å²) < 4.78 is 42.9. The summed E-state index contributed by atoms with van der Waals surface area (Å²) in [6, 6.07) is 11.1. The van der Waals surface area contributed by atoms with Crippen molar-refractivity contribution in [2.45, 2.75) is 39.3 Å². The van der Waals surface area contributed by atoms with Gasteiger partial charge in [0.05, 0.1) is 25.1 Å². The van der Waals surface area contributed by atoms with Crippen LogP contribution >= 0.6 is 0 Å². The number of hydrogen-bond donors (Lipinski definition) is 1. The number of fused-ring (bicyclic) bond motifs is 1. The largest absolute Gasteiger partial charge is 0.497 e. The van der Waals surface area contributed by atoms with Gasteiger partial charge in [0, 0.05) is 6.07 Å². The second kappa shape index (κ2) is 10.3. The van der Waals surface area contributed by atoms with Gasteiger partial charge in [-0.2, -0.15) is 0 Å². The molecule has 0 saturated heterocycles. The summed E-state index contributed by atoms with van der Waals surface area (Å²) in [5.74, 6) is 1.65. The molecule has 2 unspecified atom stereocenters. The van der Waals surface area contributed by atoms with Crippen LogP contribution in [0.1, 0.15) is 38.8 Å². The van der Waals surface area contributed by atoms with Gasteiger partial charge in [0.25, 0.3) is 0 Å². The number of rotatable bonds is 9. The Hall–Kier alpha value is -2.94. The molecule has 8 nitrogen and oxygen atoms in total. The standard InChI is InChI=1S/C24H32N2O6S/c1-16(2)14-21(18-6-9-20(30-4)10-7-18)25-24(27)17(3)26(33(5,28)29)19-8-11-22-23(15-19)32-13-12-31-22/h6-11,15-17,21H,12-14H2,1-5H3,(H,25,27). The van der Waals surface area contributed by atoms with Crippen LogP contribution in [0.5, 0.6) is 17.2 Å². The first kappa shape index (κ1) is 24.7. The molecular weight excluding hydrogens is 444 g/mol. The minimum atomic E-state index is -3.76. The van der Waals surface area contributed by atoms with Gasteiger partial charge in [-0.3, -0.25) is 9.10 Å². The van der Waals surface area contributed by atoms with Crippen LogP contribution in [0.2, 0.25) is 0 Å². The van der Waals surface area contributed by atoms with E-state index in [-0.39, 0.29) is 6.04 Å². The van der Waals surface area contributed by atoms with E-state index in [1.54, 1.807) is 32.2 Å². The first-order chi connectivity index (χ1) is 15.6. The number of carbonyl (C=O) groups is 1. The predicted molar refractivity (Wildman–Crippen MR) is 128 cm³/mol. The highest BCUT2D eigenvalue weighted by molar-refractivity contribution is 7.92. The van der Waals surface area contributed by atoms with Crippen LogP contribution in [-0.4, -0.2) is 46.9 Å². The second-order valence-electron chi connectivity index (χ2n) is 8.53. The summed E-state index contributed by atoms with van der Waals surface area (Å²) in [6.45, 7) is 6.54. The molecule has 9 heteroatoms. The summed E-state index contributed by atoms with van der Waals surface area (Å²) in [5, 5.41) is 3.04. The number of benzene rings is 2. The molecule has 0 aliphatic carbocycles. The average molecular weight is 477 g/mol. The Morgan fingerprint density at radius 3 is 2.27 bits per heavy atom. The Morgan fingerprint density at radius 2 is 1.70 bits per heavy atom.